The zero-order chi connectivity index (χ0) is 14.8. The summed E-state index contributed by atoms with van der Waals surface area (Å²) in [4.78, 5) is 10.7. The Morgan fingerprint density at radius 2 is 2.05 bits per heavy atom. The van der Waals surface area contributed by atoms with Crippen molar-refractivity contribution in [3.63, 3.8) is 0 Å². The Bertz CT molecular complexity index is 559. The van der Waals surface area contributed by atoms with Crippen molar-refractivity contribution in [3.8, 4) is 0 Å². The molecular weight excluding hydrogens is 270 g/mol. The molecule has 108 valence electrons. The van der Waals surface area contributed by atoms with E-state index in [0.717, 1.165) is 6.07 Å². The number of carboxylic acid groups (broad SMARTS) is 1. The van der Waals surface area contributed by atoms with Gasteiger partial charge in [-0.05, 0) is 12.8 Å². The Hall–Kier alpha value is -1.34. The highest BCUT2D eigenvalue weighted by Crippen LogP contribution is 2.24. The topological polar surface area (TPSA) is 87.8 Å². The Balaban J connectivity index is 3.22. The van der Waals surface area contributed by atoms with Crippen molar-refractivity contribution in [2.75, 3.05) is 13.1 Å². The van der Waals surface area contributed by atoms with Crippen LogP contribution in [0.4, 0.5) is 0 Å². The fourth-order valence-corrected chi connectivity index (χ4v) is 3.54. The molecule has 1 aromatic heterocycles. The minimum atomic E-state index is -3.71. The summed E-state index contributed by atoms with van der Waals surface area (Å²) in [6, 6.07) is 1.07. The number of sulfonamides is 1. The summed E-state index contributed by atoms with van der Waals surface area (Å²) in [5, 5.41) is 8.83. The van der Waals surface area contributed by atoms with Crippen LogP contribution in [0.3, 0.4) is 0 Å². The Labute approximate surface area is 113 Å². The van der Waals surface area contributed by atoms with Crippen LogP contribution in [0.15, 0.2) is 15.4 Å². The molecule has 0 bridgehead atoms. The third-order valence-electron chi connectivity index (χ3n) is 2.62. The van der Waals surface area contributed by atoms with Crippen LogP contribution < -0.4 is 0 Å². The van der Waals surface area contributed by atoms with Crippen LogP contribution in [-0.4, -0.2) is 36.9 Å². The average Bonchev–Trinajstić information content (AvgIpc) is 2.68. The van der Waals surface area contributed by atoms with Crippen molar-refractivity contribution >= 4 is 16.0 Å². The molecule has 1 N–H and O–H groups in total. The fraction of sp³-hybridized carbons (Fsp3) is 0.583. The van der Waals surface area contributed by atoms with Crippen LogP contribution in [0.2, 0.25) is 0 Å². The van der Waals surface area contributed by atoms with Crippen LogP contribution >= 0.6 is 0 Å². The number of nitrogens with zero attached hydrogens (tertiary/aromatic N) is 1. The van der Waals surface area contributed by atoms with E-state index in [9.17, 15) is 13.2 Å². The second-order valence-corrected chi connectivity index (χ2v) is 6.59. The standard InChI is InChI=1S/C12H19NO5S/c1-5-13(7-8(2)3)19(16,17)11-6-10(12(14)15)18-9(11)4/h6,8H,5,7H2,1-4H3,(H,14,15). The Morgan fingerprint density at radius 3 is 2.42 bits per heavy atom. The van der Waals surface area contributed by atoms with Crippen molar-refractivity contribution in [2.45, 2.75) is 32.6 Å². The van der Waals surface area contributed by atoms with Gasteiger partial charge in [0.2, 0.25) is 15.8 Å². The smallest absolute Gasteiger partial charge is 0.371 e. The predicted octanol–water partition coefficient (Wildman–Crippen LogP) is 1.95. The highest BCUT2D eigenvalue weighted by Gasteiger charge is 2.29. The predicted molar refractivity (Wildman–Crippen MR) is 69.7 cm³/mol. The van der Waals surface area contributed by atoms with Crippen molar-refractivity contribution in [2.24, 2.45) is 5.92 Å². The van der Waals surface area contributed by atoms with Gasteiger partial charge in [0.25, 0.3) is 0 Å². The minimum absolute atomic E-state index is 0.0765. The lowest BCUT2D eigenvalue weighted by Gasteiger charge is -2.21. The summed E-state index contributed by atoms with van der Waals surface area (Å²) < 4.78 is 31.1. The first-order valence-electron chi connectivity index (χ1n) is 6.04. The molecule has 0 saturated heterocycles. The number of hydrogen-bond donors (Lipinski definition) is 1. The Morgan fingerprint density at radius 1 is 1.47 bits per heavy atom. The highest BCUT2D eigenvalue weighted by atomic mass is 32.2. The molecule has 0 atom stereocenters. The van der Waals surface area contributed by atoms with Gasteiger partial charge in [0, 0.05) is 19.2 Å². The first-order chi connectivity index (χ1) is 8.70. The molecule has 0 spiro atoms. The largest absolute Gasteiger partial charge is 0.475 e. The molecule has 1 aromatic rings. The van der Waals surface area contributed by atoms with Gasteiger partial charge in [-0.25, -0.2) is 13.2 Å². The van der Waals surface area contributed by atoms with Gasteiger partial charge in [-0.2, -0.15) is 4.31 Å². The second kappa shape index (κ2) is 5.75. The summed E-state index contributed by atoms with van der Waals surface area (Å²) in [6.45, 7) is 7.74. The van der Waals surface area contributed by atoms with E-state index in [2.05, 4.69) is 0 Å². The third-order valence-corrected chi connectivity index (χ3v) is 4.67. The number of aromatic carboxylic acids is 1. The molecule has 0 aliphatic rings. The number of furan rings is 1. The molecule has 0 aliphatic carbocycles. The van der Waals surface area contributed by atoms with E-state index in [4.69, 9.17) is 9.52 Å². The lowest BCUT2D eigenvalue weighted by molar-refractivity contribution is 0.0661. The van der Waals surface area contributed by atoms with Crippen molar-refractivity contribution in [3.05, 3.63) is 17.6 Å². The maximum absolute atomic E-state index is 12.4. The summed E-state index contributed by atoms with van der Waals surface area (Å²) in [7, 11) is -3.71. The number of rotatable bonds is 6. The molecule has 0 aliphatic heterocycles. The molecule has 0 amide bonds. The summed E-state index contributed by atoms with van der Waals surface area (Å²) in [6.07, 6.45) is 0. The molecule has 0 unspecified atom stereocenters. The highest BCUT2D eigenvalue weighted by molar-refractivity contribution is 7.89. The molecule has 6 nitrogen and oxygen atoms in total. The van der Waals surface area contributed by atoms with Crippen LogP contribution in [0.5, 0.6) is 0 Å². The van der Waals surface area contributed by atoms with Crippen LogP contribution in [0.25, 0.3) is 0 Å². The van der Waals surface area contributed by atoms with Gasteiger partial charge in [-0.15, -0.1) is 0 Å². The van der Waals surface area contributed by atoms with Crippen LogP contribution in [0, 0.1) is 12.8 Å². The van der Waals surface area contributed by atoms with E-state index < -0.39 is 16.0 Å². The normalized spacial score (nSPS) is 12.3. The molecule has 0 aromatic carbocycles. The average molecular weight is 289 g/mol. The van der Waals surface area contributed by atoms with Gasteiger partial charge in [0.05, 0.1) is 0 Å². The Kier molecular flexibility index (Phi) is 4.75. The van der Waals surface area contributed by atoms with E-state index >= 15 is 0 Å². The van der Waals surface area contributed by atoms with E-state index in [1.54, 1.807) is 6.92 Å². The molecule has 0 saturated carbocycles. The molecule has 0 radical (unpaired) electrons. The lowest BCUT2D eigenvalue weighted by atomic mass is 10.2. The monoisotopic (exact) mass is 289 g/mol. The molecule has 0 fully saturated rings. The van der Waals surface area contributed by atoms with E-state index in [1.807, 2.05) is 13.8 Å². The maximum atomic E-state index is 12.4. The minimum Gasteiger partial charge on any atom is -0.475 e. The summed E-state index contributed by atoms with van der Waals surface area (Å²) in [5.41, 5.74) is 0. The van der Waals surface area contributed by atoms with Crippen molar-refractivity contribution < 1.29 is 22.7 Å². The van der Waals surface area contributed by atoms with E-state index in [1.165, 1.54) is 11.2 Å². The molecule has 7 heteroatoms. The van der Waals surface area contributed by atoms with Crippen molar-refractivity contribution in [1.82, 2.24) is 4.31 Å². The van der Waals surface area contributed by atoms with Gasteiger partial charge < -0.3 is 9.52 Å². The zero-order valence-corrected chi connectivity index (χ0v) is 12.3. The number of carboxylic acids is 1. The SMILES string of the molecule is CCN(CC(C)C)S(=O)(=O)c1cc(C(=O)O)oc1C. The van der Waals surface area contributed by atoms with E-state index in [0.29, 0.717) is 13.1 Å². The summed E-state index contributed by atoms with van der Waals surface area (Å²) in [5.74, 6) is -1.37. The zero-order valence-electron chi connectivity index (χ0n) is 11.5. The molecule has 1 heterocycles. The number of aryl methyl sites for hydroxylation is 1. The molecule has 1 rings (SSSR count). The second-order valence-electron chi connectivity index (χ2n) is 4.69. The fourth-order valence-electron chi connectivity index (χ4n) is 1.77. The number of hydrogen-bond acceptors (Lipinski definition) is 4. The summed E-state index contributed by atoms with van der Waals surface area (Å²) >= 11 is 0. The van der Waals surface area contributed by atoms with E-state index in [-0.39, 0.29) is 22.3 Å². The van der Waals surface area contributed by atoms with Gasteiger partial charge >= 0.3 is 5.97 Å². The third kappa shape index (κ3) is 3.36. The van der Waals surface area contributed by atoms with Crippen LogP contribution in [-0.2, 0) is 10.0 Å². The maximum Gasteiger partial charge on any atom is 0.371 e. The van der Waals surface area contributed by atoms with Crippen LogP contribution in [0.1, 0.15) is 37.1 Å². The number of carbonyl (C=O) groups is 1. The first-order valence-corrected chi connectivity index (χ1v) is 7.48. The van der Waals surface area contributed by atoms with Gasteiger partial charge in [-0.1, -0.05) is 20.8 Å². The first kappa shape index (κ1) is 15.7. The molecular formula is C12H19NO5S. The van der Waals surface area contributed by atoms with Crippen molar-refractivity contribution in [1.29, 1.82) is 0 Å². The molecule has 19 heavy (non-hydrogen) atoms. The lowest BCUT2D eigenvalue weighted by Crippen LogP contribution is -2.34. The van der Waals surface area contributed by atoms with Gasteiger partial charge in [-0.3, -0.25) is 0 Å². The van der Waals surface area contributed by atoms with Gasteiger partial charge in [0.15, 0.2) is 0 Å². The quantitative estimate of drug-likeness (QED) is 0.864. The van der Waals surface area contributed by atoms with Gasteiger partial charge in [0.1, 0.15) is 10.7 Å².